The van der Waals surface area contributed by atoms with Gasteiger partial charge in [-0.3, -0.25) is 4.18 Å². The Kier molecular flexibility index (Phi) is 5.36. The third-order valence-corrected chi connectivity index (χ3v) is 2.54. The van der Waals surface area contributed by atoms with Crippen molar-refractivity contribution in [2.45, 2.75) is 4.90 Å². The smallest absolute Gasteiger partial charge is 1.00 e. The molecule has 0 spiro atoms. The van der Waals surface area contributed by atoms with Gasteiger partial charge in [0.2, 0.25) is 0 Å². The molecule has 0 saturated heterocycles. The molecule has 0 unspecified atom stereocenters. The predicted octanol–water partition coefficient (Wildman–Crippen LogP) is 0.866. The van der Waals surface area contributed by atoms with Gasteiger partial charge in [-0.25, -0.2) is 0 Å². The van der Waals surface area contributed by atoms with E-state index in [9.17, 15) is 8.42 Å². The SMILES string of the molecule is COS(=O)(=O)c1ccccc1.[Ca+2].[H-].[H-]. The summed E-state index contributed by atoms with van der Waals surface area (Å²) >= 11 is 0. The molecule has 0 aliphatic carbocycles. The zero-order valence-electron chi connectivity index (χ0n) is 8.73. The normalized spacial score (nSPS) is 10.4. The van der Waals surface area contributed by atoms with Crippen LogP contribution in [0.5, 0.6) is 0 Å². The molecule has 1 aromatic rings. The molecule has 12 heavy (non-hydrogen) atoms. The number of benzene rings is 1. The first-order chi connectivity index (χ1) is 5.17. The van der Waals surface area contributed by atoms with Gasteiger partial charge in [0.25, 0.3) is 10.1 Å². The van der Waals surface area contributed by atoms with E-state index in [2.05, 4.69) is 4.18 Å². The fourth-order valence-corrected chi connectivity index (χ4v) is 1.37. The average Bonchev–Trinajstić information content (AvgIpc) is 2.06. The zero-order chi connectivity index (χ0) is 8.32. The van der Waals surface area contributed by atoms with Crippen LogP contribution in [-0.4, -0.2) is 53.3 Å². The van der Waals surface area contributed by atoms with E-state index >= 15 is 0 Å². The Bertz CT molecular complexity index is 328. The van der Waals surface area contributed by atoms with E-state index in [0.29, 0.717) is 0 Å². The quantitative estimate of drug-likeness (QED) is 0.542. The van der Waals surface area contributed by atoms with E-state index in [4.69, 9.17) is 0 Å². The first-order valence-corrected chi connectivity index (χ1v) is 4.43. The second-order valence-electron chi connectivity index (χ2n) is 1.93. The fourth-order valence-electron chi connectivity index (χ4n) is 0.683. The van der Waals surface area contributed by atoms with Crippen molar-refractivity contribution in [1.29, 1.82) is 0 Å². The van der Waals surface area contributed by atoms with E-state index in [1.165, 1.54) is 12.1 Å². The molecule has 0 N–H and O–H groups in total. The van der Waals surface area contributed by atoms with Gasteiger partial charge in [-0.05, 0) is 12.1 Å². The van der Waals surface area contributed by atoms with Gasteiger partial charge < -0.3 is 2.85 Å². The second kappa shape index (κ2) is 5.19. The van der Waals surface area contributed by atoms with Crippen molar-refractivity contribution in [3.63, 3.8) is 0 Å². The Labute approximate surface area is 105 Å². The molecule has 0 fully saturated rings. The topological polar surface area (TPSA) is 43.4 Å². The molecule has 0 aromatic heterocycles. The molecule has 0 amide bonds. The number of hydrogen-bond acceptors (Lipinski definition) is 3. The maximum Gasteiger partial charge on any atom is 2.00 e. The molecular weight excluding hydrogens is 204 g/mol. The number of hydrogen-bond donors (Lipinski definition) is 0. The van der Waals surface area contributed by atoms with Gasteiger partial charge in [0.15, 0.2) is 0 Å². The van der Waals surface area contributed by atoms with Gasteiger partial charge in [0.05, 0.1) is 12.0 Å². The minimum Gasteiger partial charge on any atom is -1.00 e. The summed E-state index contributed by atoms with van der Waals surface area (Å²) in [5, 5.41) is 0. The van der Waals surface area contributed by atoms with Crippen molar-refractivity contribution in [3.05, 3.63) is 30.3 Å². The molecule has 0 aliphatic rings. The molecule has 1 aromatic carbocycles. The van der Waals surface area contributed by atoms with Crippen molar-refractivity contribution < 1.29 is 15.5 Å². The van der Waals surface area contributed by atoms with Crippen LogP contribution in [0, 0.1) is 0 Å². The van der Waals surface area contributed by atoms with Crippen LogP contribution in [0.2, 0.25) is 0 Å². The fraction of sp³-hybridized carbons (Fsp3) is 0.143. The second-order valence-corrected chi connectivity index (χ2v) is 3.65. The summed E-state index contributed by atoms with van der Waals surface area (Å²) in [5.74, 6) is 0. The van der Waals surface area contributed by atoms with Crippen LogP contribution in [0.15, 0.2) is 35.2 Å². The molecule has 3 nitrogen and oxygen atoms in total. The molecule has 64 valence electrons. The zero-order valence-corrected chi connectivity index (χ0v) is 9.75. The molecule has 0 atom stereocenters. The molecule has 5 heteroatoms. The van der Waals surface area contributed by atoms with Gasteiger partial charge in [-0.1, -0.05) is 18.2 Å². The van der Waals surface area contributed by atoms with Gasteiger partial charge >= 0.3 is 37.7 Å². The molecule has 1 rings (SSSR count). The van der Waals surface area contributed by atoms with Crippen LogP contribution in [0.4, 0.5) is 0 Å². The van der Waals surface area contributed by atoms with Crippen LogP contribution in [0.25, 0.3) is 0 Å². The van der Waals surface area contributed by atoms with E-state index in [1.807, 2.05) is 0 Å². The summed E-state index contributed by atoms with van der Waals surface area (Å²) in [6.45, 7) is 0. The van der Waals surface area contributed by atoms with Gasteiger partial charge in [-0.2, -0.15) is 8.42 Å². The summed E-state index contributed by atoms with van der Waals surface area (Å²) in [7, 11) is -2.36. The molecule has 0 bridgehead atoms. The largest absolute Gasteiger partial charge is 2.00 e. The maximum atomic E-state index is 11.0. The number of rotatable bonds is 2. The van der Waals surface area contributed by atoms with Gasteiger partial charge in [-0.15, -0.1) is 0 Å². The Morgan fingerprint density at radius 1 is 1.25 bits per heavy atom. The first kappa shape index (κ1) is 12.4. The van der Waals surface area contributed by atoms with Crippen LogP contribution in [-0.2, 0) is 14.3 Å². The predicted molar refractivity (Wildman–Crippen MR) is 48.6 cm³/mol. The summed E-state index contributed by atoms with van der Waals surface area (Å²) in [6.07, 6.45) is 0. The van der Waals surface area contributed by atoms with Crippen LogP contribution >= 0.6 is 0 Å². The molecule has 0 heterocycles. The van der Waals surface area contributed by atoms with Crippen LogP contribution in [0.3, 0.4) is 0 Å². The monoisotopic (exact) mass is 214 g/mol. The summed E-state index contributed by atoms with van der Waals surface area (Å²) in [5.41, 5.74) is 0. The molecule has 0 radical (unpaired) electrons. The van der Waals surface area contributed by atoms with Crippen molar-refractivity contribution in [1.82, 2.24) is 0 Å². The molecule has 0 saturated carbocycles. The third kappa shape index (κ3) is 3.03. The average molecular weight is 214 g/mol. The van der Waals surface area contributed by atoms with Crippen molar-refractivity contribution in [2.75, 3.05) is 7.11 Å². The Hall–Kier alpha value is 0.390. The van der Waals surface area contributed by atoms with Crippen molar-refractivity contribution >= 4 is 47.9 Å². The van der Waals surface area contributed by atoms with Gasteiger partial charge in [0.1, 0.15) is 0 Å². The maximum absolute atomic E-state index is 11.0. The van der Waals surface area contributed by atoms with E-state index in [0.717, 1.165) is 7.11 Å². The van der Waals surface area contributed by atoms with E-state index < -0.39 is 10.1 Å². The Morgan fingerprint density at radius 3 is 2.17 bits per heavy atom. The summed E-state index contributed by atoms with van der Waals surface area (Å²) < 4.78 is 26.3. The minimum absolute atomic E-state index is 0. The van der Waals surface area contributed by atoms with Gasteiger partial charge in [0, 0.05) is 0 Å². The summed E-state index contributed by atoms with van der Waals surface area (Å²) in [4.78, 5) is 0.183. The van der Waals surface area contributed by atoms with Crippen LogP contribution in [0.1, 0.15) is 2.85 Å². The third-order valence-electron chi connectivity index (χ3n) is 1.25. The minimum atomic E-state index is -3.50. The van der Waals surface area contributed by atoms with Crippen molar-refractivity contribution in [3.8, 4) is 0 Å². The van der Waals surface area contributed by atoms with E-state index in [1.54, 1.807) is 18.2 Å². The summed E-state index contributed by atoms with van der Waals surface area (Å²) in [6, 6.07) is 8.00. The van der Waals surface area contributed by atoms with Crippen molar-refractivity contribution in [2.24, 2.45) is 0 Å². The van der Waals surface area contributed by atoms with E-state index in [-0.39, 0.29) is 45.5 Å². The molecule has 0 aliphatic heterocycles. The standard InChI is InChI=1S/C7H8O3S.Ca.2H/c1-10-11(8,9)7-5-3-2-4-6-7;;;/h2-6H,1H3;;;/q;+2;2*-1. The Morgan fingerprint density at radius 2 is 1.75 bits per heavy atom. The Balaban J connectivity index is -0.000000403. The first-order valence-electron chi connectivity index (χ1n) is 3.02. The molecular formula is C7H10CaO3S. The van der Waals surface area contributed by atoms with Crippen LogP contribution < -0.4 is 0 Å².